The number of ether oxygens (including phenoxy) is 3. The molecule has 2 aliphatic rings. The third-order valence-electron chi connectivity index (χ3n) is 5.20. The van der Waals surface area contributed by atoms with Crippen LogP contribution in [-0.4, -0.2) is 43.2 Å². The van der Waals surface area contributed by atoms with Crippen molar-refractivity contribution in [1.82, 2.24) is 4.90 Å². The predicted molar refractivity (Wildman–Crippen MR) is 107 cm³/mol. The van der Waals surface area contributed by atoms with Gasteiger partial charge in [-0.3, -0.25) is 9.59 Å². The minimum absolute atomic E-state index is 0.0604. The van der Waals surface area contributed by atoms with Crippen molar-refractivity contribution < 1.29 is 23.8 Å². The molecule has 0 radical (unpaired) electrons. The summed E-state index contributed by atoms with van der Waals surface area (Å²) < 4.78 is 16.1. The third-order valence-corrected chi connectivity index (χ3v) is 5.20. The van der Waals surface area contributed by atoms with Crippen molar-refractivity contribution in [3.05, 3.63) is 48.0 Å². The van der Waals surface area contributed by atoms with Crippen molar-refractivity contribution in [2.75, 3.05) is 31.8 Å². The molecular weight excluding hydrogens is 386 g/mol. The van der Waals surface area contributed by atoms with Gasteiger partial charge in [0.1, 0.15) is 5.75 Å². The lowest BCUT2D eigenvalue weighted by atomic mass is 9.95. The number of likely N-dealkylation sites (tertiary alicyclic amines) is 1. The summed E-state index contributed by atoms with van der Waals surface area (Å²) in [6.07, 6.45) is 1.19. The van der Waals surface area contributed by atoms with Gasteiger partial charge in [-0.15, -0.1) is 0 Å². The average molecular weight is 407 g/mol. The number of nitrogens with one attached hydrogen (secondary N) is 1. The van der Waals surface area contributed by atoms with E-state index >= 15 is 0 Å². The Hall–Kier alpha value is -3.73. The number of anilines is 1. The Morgan fingerprint density at radius 3 is 2.57 bits per heavy atom. The monoisotopic (exact) mass is 407 g/mol. The van der Waals surface area contributed by atoms with Crippen LogP contribution in [-0.2, 0) is 9.59 Å². The molecule has 1 N–H and O–H groups in total. The van der Waals surface area contributed by atoms with Gasteiger partial charge in [-0.1, -0.05) is 0 Å². The highest BCUT2D eigenvalue weighted by molar-refractivity contribution is 5.93. The SMILES string of the molecule is N#Cc1ccc(OCC(=O)N2CCC(C(=O)Nc3ccc4c(c3)OCO4)CC2)cc1. The van der Waals surface area contributed by atoms with Gasteiger partial charge in [0, 0.05) is 30.8 Å². The first kappa shape index (κ1) is 19.6. The van der Waals surface area contributed by atoms with E-state index < -0.39 is 0 Å². The molecule has 154 valence electrons. The molecule has 0 saturated carbocycles. The topological polar surface area (TPSA) is 101 Å². The minimum Gasteiger partial charge on any atom is -0.484 e. The highest BCUT2D eigenvalue weighted by Crippen LogP contribution is 2.34. The van der Waals surface area contributed by atoms with Gasteiger partial charge in [-0.2, -0.15) is 5.26 Å². The van der Waals surface area contributed by atoms with Crippen LogP contribution in [0.3, 0.4) is 0 Å². The molecule has 1 fully saturated rings. The zero-order chi connectivity index (χ0) is 20.9. The molecule has 2 aliphatic heterocycles. The Kier molecular flexibility index (Phi) is 5.70. The van der Waals surface area contributed by atoms with E-state index in [-0.39, 0.29) is 31.1 Å². The zero-order valence-electron chi connectivity index (χ0n) is 16.3. The maximum Gasteiger partial charge on any atom is 0.260 e. The first-order valence-electron chi connectivity index (χ1n) is 9.73. The Labute approximate surface area is 173 Å². The zero-order valence-corrected chi connectivity index (χ0v) is 16.3. The average Bonchev–Trinajstić information content (AvgIpc) is 3.26. The van der Waals surface area contributed by atoms with Crippen molar-refractivity contribution in [2.45, 2.75) is 12.8 Å². The second-order valence-corrected chi connectivity index (χ2v) is 7.14. The van der Waals surface area contributed by atoms with Crippen LogP contribution in [0.1, 0.15) is 18.4 Å². The maximum atomic E-state index is 12.6. The van der Waals surface area contributed by atoms with E-state index in [0.717, 1.165) is 0 Å². The summed E-state index contributed by atoms with van der Waals surface area (Å²) in [5.74, 6) is 1.50. The van der Waals surface area contributed by atoms with Crippen molar-refractivity contribution in [2.24, 2.45) is 5.92 Å². The largest absolute Gasteiger partial charge is 0.484 e. The number of fused-ring (bicyclic) bond motifs is 1. The molecule has 30 heavy (non-hydrogen) atoms. The van der Waals surface area contributed by atoms with Gasteiger partial charge >= 0.3 is 0 Å². The molecule has 0 unspecified atom stereocenters. The van der Waals surface area contributed by atoms with Crippen LogP contribution in [0.2, 0.25) is 0 Å². The molecular formula is C22H21N3O5. The van der Waals surface area contributed by atoms with Crippen LogP contribution in [0.25, 0.3) is 0 Å². The molecule has 0 aliphatic carbocycles. The standard InChI is InChI=1S/C22H21N3O5/c23-12-15-1-4-18(5-2-15)28-13-21(26)25-9-7-16(8-10-25)22(27)24-17-3-6-19-20(11-17)30-14-29-19/h1-6,11,16H,7-10,13-14H2,(H,24,27). The molecule has 0 aromatic heterocycles. The number of hydrogen-bond acceptors (Lipinski definition) is 6. The van der Waals surface area contributed by atoms with E-state index in [1.807, 2.05) is 6.07 Å². The van der Waals surface area contributed by atoms with Crippen molar-refractivity contribution >= 4 is 17.5 Å². The second-order valence-electron chi connectivity index (χ2n) is 7.14. The fourth-order valence-corrected chi connectivity index (χ4v) is 3.47. The summed E-state index contributed by atoms with van der Waals surface area (Å²) in [7, 11) is 0. The molecule has 0 bridgehead atoms. The number of carbonyl (C=O) groups excluding carboxylic acids is 2. The molecule has 8 heteroatoms. The Morgan fingerprint density at radius 2 is 1.83 bits per heavy atom. The summed E-state index contributed by atoms with van der Waals surface area (Å²) >= 11 is 0. The molecule has 2 aromatic rings. The lowest BCUT2D eigenvalue weighted by molar-refractivity contribution is -0.136. The van der Waals surface area contributed by atoms with Gasteiger partial charge in [-0.05, 0) is 49.2 Å². The van der Waals surface area contributed by atoms with E-state index in [2.05, 4.69) is 5.32 Å². The molecule has 4 rings (SSSR count). The van der Waals surface area contributed by atoms with Crippen LogP contribution < -0.4 is 19.5 Å². The molecule has 8 nitrogen and oxygen atoms in total. The first-order chi connectivity index (χ1) is 14.6. The number of nitrogens with zero attached hydrogens (tertiary/aromatic N) is 2. The van der Waals surface area contributed by atoms with E-state index in [1.54, 1.807) is 47.4 Å². The van der Waals surface area contributed by atoms with Crippen LogP contribution in [0.15, 0.2) is 42.5 Å². The van der Waals surface area contributed by atoms with Crippen molar-refractivity contribution in [1.29, 1.82) is 5.26 Å². The Balaban J connectivity index is 1.23. The summed E-state index contributed by atoms with van der Waals surface area (Å²) in [4.78, 5) is 26.7. The Bertz CT molecular complexity index is 975. The number of amides is 2. The second kappa shape index (κ2) is 8.74. The van der Waals surface area contributed by atoms with Crippen molar-refractivity contribution in [3.63, 3.8) is 0 Å². The molecule has 2 amide bonds. The number of benzene rings is 2. The lowest BCUT2D eigenvalue weighted by Crippen LogP contribution is -2.43. The van der Waals surface area contributed by atoms with Gasteiger partial charge in [0.25, 0.3) is 5.91 Å². The van der Waals surface area contributed by atoms with Gasteiger partial charge < -0.3 is 24.4 Å². The van der Waals surface area contributed by atoms with E-state index in [0.29, 0.717) is 54.4 Å². The van der Waals surface area contributed by atoms with Gasteiger partial charge in [-0.25, -0.2) is 0 Å². The normalized spacial score (nSPS) is 15.4. The number of rotatable bonds is 5. The molecule has 1 saturated heterocycles. The van der Waals surface area contributed by atoms with Crippen LogP contribution >= 0.6 is 0 Å². The Morgan fingerprint density at radius 1 is 1.10 bits per heavy atom. The summed E-state index contributed by atoms with van der Waals surface area (Å²) in [5, 5.41) is 11.7. The van der Waals surface area contributed by atoms with Gasteiger partial charge in [0.15, 0.2) is 18.1 Å². The van der Waals surface area contributed by atoms with Gasteiger partial charge in [0.2, 0.25) is 12.7 Å². The van der Waals surface area contributed by atoms with Gasteiger partial charge in [0.05, 0.1) is 11.6 Å². The number of carbonyl (C=O) groups is 2. The minimum atomic E-state index is -0.154. The fourth-order valence-electron chi connectivity index (χ4n) is 3.47. The fraction of sp³-hybridized carbons (Fsp3) is 0.318. The summed E-state index contributed by atoms with van der Waals surface area (Å²) in [6.45, 7) is 1.14. The highest BCUT2D eigenvalue weighted by Gasteiger charge is 2.28. The smallest absolute Gasteiger partial charge is 0.260 e. The molecule has 2 aromatic carbocycles. The summed E-state index contributed by atoms with van der Waals surface area (Å²) in [5.41, 5.74) is 1.20. The van der Waals surface area contributed by atoms with E-state index in [9.17, 15) is 9.59 Å². The van der Waals surface area contributed by atoms with Crippen LogP contribution in [0.4, 0.5) is 5.69 Å². The van der Waals surface area contributed by atoms with E-state index in [1.165, 1.54) is 0 Å². The number of nitriles is 1. The highest BCUT2D eigenvalue weighted by atomic mass is 16.7. The first-order valence-corrected chi connectivity index (χ1v) is 9.73. The maximum absolute atomic E-state index is 12.6. The van der Waals surface area contributed by atoms with E-state index in [4.69, 9.17) is 19.5 Å². The quantitative estimate of drug-likeness (QED) is 0.818. The molecule has 2 heterocycles. The number of hydrogen-bond donors (Lipinski definition) is 1. The van der Waals surface area contributed by atoms with Crippen LogP contribution in [0.5, 0.6) is 17.2 Å². The predicted octanol–water partition coefficient (Wildman–Crippen LogP) is 2.54. The third kappa shape index (κ3) is 4.46. The van der Waals surface area contributed by atoms with Crippen molar-refractivity contribution in [3.8, 4) is 23.3 Å². The number of piperidine rings is 1. The van der Waals surface area contributed by atoms with Crippen LogP contribution in [0, 0.1) is 17.2 Å². The summed E-state index contributed by atoms with van der Waals surface area (Å²) in [6, 6.07) is 14.0. The molecule has 0 spiro atoms. The molecule has 0 atom stereocenters. The lowest BCUT2D eigenvalue weighted by Gasteiger charge is -2.31.